The van der Waals surface area contributed by atoms with E-state index in [-0.39, 0.29) is 0 Å². The van der Waals surface area contributed by atoms with Crippen LogP contribution in [-0.4, -0.2) is 24.1 Å². The molecule has 0 bridgehead atoms. The fraction of sp³-hybridized carbons (Fsp3) is 0. The first kappa shape index (κ1) is 30.7. The summed E-state index contributed by atoms with van der Waals surface area (Å²) in [4.78, 5) is 0. The van der Waals surface area contributed by atoms with Crippen molar-refractivity contribution in [3.63, 3.8) is 0 Å². The van der Waals surface area contributed by atoms with Gasteiger partial charge in [-0.15, -0.1) is 5.10 Å². The Bertz CT molecular complexity index is 3420. The highest BCUT2D eigenvalue weighted by molar-refractivity contribution is 6.24. The number of fused-ring (bicyclic) bond motifs is 10. The molecule has 0 aliphatic rings. The van der Waals surface area contributed by atoms with Gasteiger partial charge in [0.05, 0.1) is 44.5 Å². The van der Waals surface area contributed by atoms with Crippen molar-refractivity contribution in [1.29, 1.82) is 0 Å². The molecular formula is C50H31N5O. The van der Waals surface area contributed by atoms with E-state index in [1.54, 1.807) is 0 Å². The second-order valence-corrected chi connectivity index (χ2v) is 14.3. The molecule has 262 valence electrons. The molecule has 0 saturated heterocycles. The molecule has 0 saturated carbocycles. The Morgan fingerprint density at radius 1 is 0.411 bits per heavy atom. The van der Waals surface area contributed by atoms with E-state index in [1.165, 1.54) is 21.5 Å². The quantitative estimate of drug-likeness (QED) is 0.178. The van der Waals surface area contributed by atoms with E-state index < -0.39 is 0 Å². The van der Waals surface area contributed by atoms with Crippen LogP contribution in [0.4, 0.5) is 0 Å². The van der Waals surface area contributed by atoms with Gasteiger partial charge in [0.1, 0.15) is 22.6 Å². The molecule has 6 heteroatoms. The molecule has 0 atom stereocenters. The van der Waals surface area contributed by atoms with Crippen LogP contribution in [0.25, 0.3) is 105 Å². The smallest absolute Gasteiger partial charge is 0.137 e. The van der Waals surface area contributed by atoms with Crippen molar-refractivity contribution in [1.82, 2.24) is 24.1 Å². The molecule has 0 amide bonds. The second kappa shape index (κ2) is 11.9. The first-order valence-electron chi connectivity index (χ1n) is 18.9. The number of benzene rings is 8. The Morgan fingerprint density at radius 3 is 1.79 bits per heavy atom. The summed E-state index contributed by atoms with van der Waals surface area (Å²) in [5, 5.41) is 16.5. The SMILES string of the molecule is c1ccc(-c2nnn(-c3ccccc3)c2-c2ccc3c4ccccc4n(-c4ccccc4-n4c5ccccc5c5ccc6oc7ccccc7c6c54)c3c2)cc1. The molecule has 0 radical (unpaired) electrons. The normalized spacial score (nSPS) is 11.9. The molecule has 0 aliphatic heterocycles. The van der Waals surface area contributed by atoms with E-state index in [1.807, 2.05) is 47.1 Å². The maximum atomic E-state index is 6.47. The van der Waals surface area contributed by atoms with Crippen LogP contribution in [0.3, 0.4) is 0 Å². The van der Waals surface area contributed by atoms with Gasteiger partial charge in [-0.3, -0.25) is 0 Å². The van der Waals surface area contributed by atoms with Crippen LogP contribution in [0.15, 0.2) is 192 Å². The van der Waals surface area contributed by atoms with E-state index in [9.17, 15) is 0 Å². The van der Waals surface area contributed by atoms with Crippen LogP contribution in [0.5, 0.6) is 0 Å². The zero-order valence-corrected chi connectivity index (χ0v) is 30.0. The Balaban J connectivity index is 1.18. The topological polar surface area (TPSA) is 53.7 Å². The summed E-state index contributed by atoms with van der Waals surface area (Å²) < 4.78 is 13.3. The maximum Gasteiger partial charge on any atom is 0.137 e. The molecule has 56 heavy (non-hydrogen) atoms. The largest absolute Gasteiger partial charge is 0.456 e. The lowest BCUT2D eigenvalue weighted by Crippen LogP contribution is -2.03. The molecule has 0 spiro atoms. The van der Waals surface area contributed by atoms with Crippen LogP contribution in [-0.2, 0) is 0 Å². The van der Waals surface area contributed by atoms with E-state index in [0.29, 0.717) is 0 Å². The van der Waals surface area contributed by atoms with Gasteiger partial charge in [-0.1, -0.05) is 133 Å². The molecule has 0 fully saturated rings. The Morgan fingerprint density at radius 2 is 1.00 bits per heavy atom. The third kappa shape index (κ3) is 4.38. The maximum absolute atomic E-state index is 6.47. The summed E-state index contributed by atoms with van der Waals surface area (Å²) >= 11 is 0. The summed E-state index contributed by atoms with van der Waals surface area (Å²) in [6.07, 6.45) is 0. The Hall–Kier alpha value is -7.70. The Labute approximate surface area is 320 Å². The van der Waals surface area contributed by atoms with Crippen molar-refractivity contribution < 1.29 is 4.42 Å². The lowest BCUT2D eigenvalue weighted by atomic mass is 10.0. The number of para-hydroxylation sites is 6. The second-order valence-electron chi connectivity index (χ2n) is 14.3. The highest BCUT2D eigenvalue weighted by Gasteiger charge is 2.24. The minimum Gasteiger partial charge on any atom is -0.456 e. The predicted molar refractivity (Wildman–Crippen MR) is 228 cm³/mol. The first-order chi connectivity index (χ1) is 27.8. The van der Waals surface area contributed by atoms with Gasteiger partial charge in [-0.05, 0) is 60.7 Å². The summed E-state index contributed by atoms with van der Waals surface area (Å²) in [6, 6.07) is 66.2. The molecule has 6 nitrogen and oxygen atoms in total. The number of rotatable bonds is 5. The van der Waals surface area contributed by atoms with Gasteiger partial charge in [0, 0.05) is 38.1 Å². The third-order valence-electron chi connectivity index (χ3n) is 11.2. The first-order valence-corrected chi connectivity index (χ1v) is 18.9. The standard InChI is InChI=1S/C50H31N5O/c1-3-15-32(16-4-1)48-49(55(52-51-48)34-17-5-2-6-18-34)33-27-28-37-35-19-7-10-22-40(35)53(44(37)31-33)42-24-12-13-25-43(42)54-41-23-11-8-20-36(41)38-29-30-46-47(50(38)54)39-21-9-14-26-45(39)56-46/h1-31H. The minimum atomic E-state index is 0.832. The van der Waals surface area contributed by atoms with Gasteiger partial charge < -0.3 is 13.6 Å². The van der Waals surface area contributed by atoms with E-state index >= 15 is 0 Å². The molecule has 12 aromatic rings. The number of nitrogens with zero attached hydrogens (tertiary/aromatic N) is 5. The number of furan rings is 1. The van der Waals surface area contributed by atoms with E-state index in [4.69, 9.17) is 14.7 Å². The summed E-state index contributed by atoms with van der Waals surface area (Å²) in [5.74, 6) is 0. The molecule has 0 N–H and O–H groups in total. The summed E-state index contributed by atoms with van der Waals surface area (Å²) in [6.45, 7) is 0. The Kier molecular flexibility index (Phi) is 6.53. The average Bonchev–Trinajstić information content (AvgIpc) is 4.03. The van der Waals surface area contributed by atoms with Crippen LogP contribution in [0.1, 0.15) is 0 Å². The minimum absolute atomic E-state index is 0.832. The van der Waals surface area contributed by atoms with Crippen molar-refractivity contribution in [3.05, 3.63) is 188 Å². The zero-order chi connectivity index (χ0) is 36.7. The van der Waals surface area contributed by atoms with Crippen LogP contribution in [0.2, 0.25) is 0 Å². The van der Waals surface area contributed by atoms with E-state index in [0.717, 1.165) is 83.6 Å². The highest BCUT2D eigenvalue weighted by atomic mass is 16.3. The third-order valence-corrected chi connectivity index (χ3v) is 11.2. The lowest BCUT2D eigenvalue weighted by Gasteiger charge is -2.17. The van der Waals surface area contributed by atoms with Gasteiger partial charge in [-0.2, -0.15) is 0 Å². The molecule has 12 rings (SSSR count). The van der Waals surface area contributed by atoms with Crippen molar-refractivity contribution in [2.24, 2.45) is 0 Å². The van der Waals surface area contributed by atoms with Crippen molar-refractivity contribution in [2.45, 2.75) is 0 Å². The van der Waals surface area contributed by atoms with Gasteiger partial charge >= 0.3 is 0 Å². The van der Waals surface area contributed by atoms with Gasteiger partial charge in [-0.25, -0.2) is 4.68 Å². The van der Waals surface area contributed by atoms with Crippen LogP contribution in [0, 0.1) is 0 Å². The van der Waals surface area contributed by atoms with Gasteiger partial charge in [0.25, 0.3) is 0 Å². The summed E-state index contributed by atoms with van der Waals surface area (Å²) in [7, 11) is 0. The van der Waals surface area contributed by atoms with Gasteiger partial charge in [0.15, 0.2) is 0 Å². The van der Waals surface area contributed by atoms with Crippen molar-refractivity contribution >= 4 is 65.6 Å². The average molecular weight is 718 g/mol. The summed E-state index contributed by atoms with van der Waals surface area (Å²) in [5.41, 5.74) is 13.2. The zero-order valence-electron chi connectivity index (χ0n) is 30.0. The molecule has 0 unspecified atom stereocenters. The fourth-order valence-corrected chi connectivity index (χ4v) is 8.82. The highest BCUT2D eigenvalue weighted by Crippen LogP contribution is 2.44. The van der Waals surface area contributed by atoms with Crippen LogP contribution < -0.4 is 0 Å². The lowest BCUT2D eigenvalue weighted by molar-refractivity contribution is 0.669. The van der Waals surface area contributed by atoms with Crippen molar-refractivity contribution in [2.75, 3.05) is 0 Å². The number of hydrogen-bond acceptors (Lipinski definition) is 3. The number of aromatic nitrogens is 5. The molecule has 4 heterocycles. The molecule has 0 aliphatic carbocycles. The number of hydrogen-bond donors (Lipinski definition) is 0. The molecule has 8 aromatic carbocycles. The monoisotopic (exact) mass is 717 g/mol. The van der Waals surface area contributed by atoms with Gasteiger partial charge in [0.2, 0.25) is 0 Å². The van der Waals surface area contributed by atoms with E-state index in [2.05, 4.69) is 155 Å². The predicted octanol–water partition coefficient (Wildman–Crippen LogP) is 12.7. The van der Waals surface area contributed by atoms with Crippen LogP contribution >= 0.6 is 0 Å². The molecule has 4 aromatic heterocycles. The molecular weight excluding hydrogens is 687 g/mol. The van der Waals surface area contributed by atoms with Crippen molar-refractivity contribution in [3.8, 4) is 39.6 Å². The fourth-order valence-electron chi connectivity index (χ4n) is 8.82.